The second-order valence-corrected chi connectivity index (χ2v) is 9.86. The van der Waals surface area contributed by atoms with Gasteiger partial charge in [-0.3, -0.25) is 0 Å². The molecule has 0 aliphatic heterocycles. The van der Waals surface area contributed by atoms with Gasteiger partial charge in [-0.2, -0.15) is 0 Å². The lowest BCUT2D eigenvalue weighted by Gasteiger charge is -2.35. The minimum absolute atomic E-state index is 0.123. The van der Waals surface area contributed by atoms with Gasteiger partial charge >= 0.3 is 0 Å². The van der Waals surface area contributed by atoms with E-state index in [1.807, 2.05) is 19.1 Å². The minimum Gasteiger partial charge on any atom is -0.507 e. The number of rotatable bonds is 9. The van der Waals surface area contributed by atoms with Crippen LogP contribution in [-0.2, 0) is 5.16 Å². The monoisotopic (exact) mass is 400 g/mol. The van der Waals surface area contributed by atoms with Crippen LogP contribution >= 0.6 is 8.58 Å². The van der Waals surface area contributed by atoms with Gasteiger partial charge in [-0.25, -0.2) is 0 Å². The minimum atomic E-state index is -0.485. The van der Waals surface area contributed by atoms with E-state index in [1.165, 1.54) is 10.9 Å². The van der Waals surface area contributed by atoms with Gasteiger partial charge < -0.3 is 10.2 Å². The van der Waals surface area contributed by atoms with Crippen molar-refractivity contribution in [2.45, 2.75) is 84.4 Å². The van der Waals surface area contributed by atoms with Crippen LogP contribution in [0.3, 0.4) is 0 Å². The standard InChI is InChI=1S/C25H37O2P/c1-7-12-18(5)21-15-17(4)16-22(24(21)27)25(8-2,9-3)28-23-14-11-10-13-20(23)19(6)26/h10-11,13-16,18-19,26-28H,7-9,12H2,1-6H3. The summed E-state index contributed by atoms with van der Waals surface area (Å²) in [6.07, 6.45) is 3.61. The number of hydrogen-bond acceptors (Lipinski definition) is 2. The Morgan fingerprint density at radius 2 is 1.64 bits per heavy atom. The van der Waals surface area contributed by atoms with Crippen molar-refractivity contribution >= 4 is 13.9 Å². The molecule has 28 heavy (non-hydrogen) atoms. The number of benzene rings is 2. The van der Waals surface area contributed by atoms with Crippen molar-refractivity contribution in [3.05, 3.63) is 58.7 Å². The lowest BCUT2D eigenvalue weighted by Crippen LogP contribution is -2.24. The van der Waals surface area contributed by atoms with Crippen molar-refractivity contribution in [1.82, 2.24) is 0 Å². The van der Waals surface area contributed by atoms with Crippen LogP contribution in [0.15, 0.2) is 36.4 Å². The summed E-state index contributed by atoms with van der Waals surface area (Å²) in [4.78, 5) is 0. The number of hydrogen-bond donors (Lipinski definition) is 2. The van der Waals surface area contributed by atoms with E-state index in [4.69, 9.17) is 0 Å². The molecule has 2 nitrogen and oxygen atoms in total. The van der Waals surface area contributed by atoms with Crippen molar-refractivity contribution in [1.29, 1.82) is 0 Å². The van der Waals surface area contributed by atoms with Crippen LogP contribution in [-0.4, -0.2) is 10.2 Å². The lowest BCUT2D eigenvalue weighted by molar-refractivity contribution is 0.200. The Hall–Kier alpha value is -1.37. The molecule has 2 N–H and O–H groups in total. The summed E-state index contributed by atoms with van der Waals surface area (Å²) in [5.74, 6) is 0.834. The highest BCUT2D eigenvalue weighted by Gasteiger charge is 2.34. The summed E-state index contributed by atoms with van der Waals surface area (Å²) in [7, 11) is 0.499. The van der Waals surface area contributed by atoms with E-state index in [9.17, 15) is 10.2 Å². The molecular formula is C25H37O2P. The average Bonchev–Trinajstić information content (AvgIpc) is 2.68. The number of aryl methyl sites for hydroxylation is 1. The van der Waals surface area contributed by atoms with Crippen molar-refractivity contribution in [3.8, 4) is 5.75 Å². The summed E-state index contributed by atoms with van der Waals surface area (Å²) in [6, 6.07) is 12.5. The fourth-order valence-corrected chi connectivity index (χ4v) is 6.05. The van der Waals surface area contributed by atoms with Gasteiger partial charge in [0.05, 0.1) is 6.10 Å². The SMILES string of the molecule is CCCC(C)c1cc(C)cc(C(CC)(CC)Pc2ccccc2C(C)O)c1O. The maximum Gasteiger partial charge on any atom is 0.123 e. The van der Waals surface area contributed by atoms with E-state index < -0.39 is 6.10 Å². The van der Waals surface area contributed by atoms with Crippen molar-refractivity contribution in [3.63, 3.8) is 0 Å². The fraction of sp³-hybridized carbons (Fsp3) is 0.520. The van der Waals surface area contributed by atoms with Gasteiger partial charge in [0.15, 0.2) is 0 Å². The van der Waals surface area contributed by atoms with Crippen LogP contribution < -0.4 is 5.30 Å². The summed E-state index contributed by atoms with van der Waals surface area (Å²) >= 11 is 0. The molecule has 0 saturated carbocycles. The second kappa shape index (κ2) is 9.90. The Morgan fingerprint density at radius 3 is 2.21 bits per heavy atom. The molecular weight excluding hydrogens is 363 g/mol. The largest absolute Gasteiger partial charge is 0.507 e. The molecule has 0 amide bonds. The van der Waals surface area contributed by atoms with Crippen molar-refractivity contribution in [2.24, 2.45) is 0 Å². The van der Waals surface area contributed by atoms with Gasteiger partial charge in [0.25, 0.3) is 0 Å². The van der Waals surface area contributed by atoms with Crippen molar-refractivity contribution < 1.29 is 10.2 Å². The van der Waals surface area contributed by atoms with Gasteiger partial charge in [0.1, 0.15) is 5.75 Å². The maximum absolute atomic E-state index is 11.3. The van der Waals surface area contributed by atoms with Gasteiger partial charge in [0, 0.05) is 10.7 Å². The van der Waals surface area contributed by atoms with Gasteiger partial charge in [-0.05, 0) is 55.5 Å². The third kappa shape index (κ3) is 4.78. The first-order valence-corrected chi connectivity index (χ1v) is 11.7. The topological polar surface area (TPSA) is 40.5 Å². The molecule has 2 aromatic rings. The molecule has 0 saturated heterocycles. The number of phenols is 1. The highest BCUT2D eigenvalue weighted by Crippen LogP contribution is 2.52. The van der Waals surface area contributed by atoms with E-state index in [0.717, 1.165) is 42.4 Å². The summed E-state index contributed by atoms with van der Waals surface area (Å²) < 4.78 is 0. The Balaban J connectivity index is 2.60. The predicted molar refractivity (Wildman–Crippen MR) is 123 cm³/mol. The summed E-state index contributed by atoms with van der Waals surface area (Å²) in [5, 5.41) is 22.6. The third-order valence-corrected chi connectivity index (χ3v) is 8.22. The zero-order chi connectivity index (χ0) is 20.9. The van der Waals surface area contributed by atoms with Crippen LogP contribution in [0.25, 0.3) is 0 Å². The Morgan fingerprint density at radius 1 is 1.00 bits per heavy atom. The van der Waals surface area contributed by atoms with E-state index in [1.54, 1.807) is 0 Å². The zero-order valence-electron chi connectivity index (χ0n) is 18.3. The first kappa shape index (κ1) is 22.9. The number of aliphatic hydroxyl groups excluding tert-OH is 1. The average molecular weight is 401 g/mol. The highest BCUT2D eigenvalue weighted by molar-refractivity contribution is 7.48. The van der Waals surface area contributed by atoms with Gasteiger partial charge in [0.2, 0.25) is 0 Å². The third-order valence-electron chi connectivity index (χ3n) is 6.04. The molecule has 3 unspecified atom stereocenters. The van der Waals surface area contributed by atoms with E-state index in [-0.39, 0.29) is 5.16 Å². The molecule has 0 aliphatic rings. The van der Waals surface area contributed by atoms with Gasteiger partial charge in [-0.15, -0.1) is 0 Å². The fourth-order valence-electron chi connectivity index (χ4n) is 4.24. The number of aromatic hydroxyl groups is 1. The molecule has 2 rings (SSSR count). The Kier molecular flexibility index (Phi) is 8.10. The van der Waals surface area contributed by atoms with E-state index in [0.29, 0.717) is 20.2 Å². The molecule has 0 spiro atoms. The molecule has 0 radical (unpaired) electrons. The molecule has 0 aromatic heterocycles. The highest BCUT2D eigenvalue weighted by atomic mass is 31.1. The smallest absolute Gasteiger partial charge is 0.123 e. The molecule has 3 atom stereocenters. The van der Waals surface area contributed by atoms with Crippen LogP contribution in [0, 0.1) is 6.92 Å². The molecule has 0 aliphatic carbocycles. The van der Waals surface area contributed by atoms with Crippen LogP contribution in [0.2, 0.25) is 0 Å². The quantitative estimate of drug-likeness (QED) is 0.461. The first-order valence-electron chi connectivity index (χ1n) is 10.7. The lowest BCUT2D eigenvalue weighted by atomic mass is 9.85. The molecule has 0 heterocycles. The molecule has 0 fully saturated rings. The zero-order valence-corrected chi connectivity index (χ0v) is 19.3. The van der Waals surface area contributed by atoms with Crippen molar-refractivity contribution in [2.75, 3.05) is 0 Å². The number of aliphatic hydroxyl groups is 1. The molecule has 2 aromatic carbocycles. The maximum atomic E-state index is 11.3. The van der Waals surface area contributed by atoms with E-state index in [2.05, 4.69) is 58.9 Å². The summed E-state index contributed by atoms with van der Waals surface area (Å²) in [6.45, 7) is 12.8. The normalized spacial score (nSPS) is 14.5. The number of phenolic OH excluding ortho intramolecular Hbond substituents is 1. The van der Waals surface area contributed by atoms with Crippen LogP contribution in [0.4, 0.5) is 0 Å². The van der Waals surface area contributed by atoms with Gasteiger partial charge in [-0.1, -0.05) is 84.7 Å². The van der Waals surface area contributed by atoms with Crippen LogP contribution in [0.5, 0.6) is 5.75 Å². The van der Waals surface area contributed by atoms with E-state index >= 15 is 0 Å². The Bertz CT molecular complexity index is 778. The summed E-state index contributed by atoms with van der Waals surface area (Å²) in [5.41, 5.74) is 4.37. The Labute approximate surface area is 173 Å². The first-order chi connectivity index (χ1) is 13.3. The molecule has 0 bridgehead atoms. The van der Waals surface area contributed by atoms with Crippen LogP contribution in [0.1, 0.15) is 94.6 Å². The molecule has 3 heteroatoms. The second-order valence-electron chi connectivity index (χ2n) is 8.12. The predicted octanol–water partition coefficient (Wildman–Crippen LogP) is 6.68. The molecule has 154 valence electrons.